The molecule has 0 unspecified atom stereocenters. The Bertz CT molecular complexity index is 386. The first-order valence-electron chi connectivity index (χ1n) is 6.24. The number of aromatic nitrogens is 1. The highest BCUT2D eigenvalue weighted by Gasteiger charge is 2.11. The maximum Gasteiger partial charge on any atom is 0.357 e. The Balaban J connectivity index is 1.99. The molecule has 0 saturated heterocycles. The van der Waals surface area contributed by atoms with Crippen LogP contribution in [0.3, 0.4) is 0 Å². The van der Waals surface area contributed by atoms with Crippen molar-refractivity contribution < 1.29 is 23.7 Å². The zero-order valence-corrected chi connectivity index (χ0v) is 12.3. The molecule has 0 fully saturated rings. The number of nitrogens with zero attached hydrogens (tertiary/aromatic N) is 1. The fourth-order valence-corrected chi connectivity index (χ4v) is 1.87. The highest BCUT2D eigenvalue weighted by molar-refractivity contribution is 7.09. The second-order valence-electron chi connectivity index (χ2n) is 3.68. The molecule has 7 nitrogen and oxygen atoms in total. The summed E-state index contributed by atoms with van der Waals surface area (Å²) < 4.78 is 20.3. The molecule has 0 atom stereocenters. The lowest BCUT2D eigenvalue weighted by atomic mass is 10.5. The number of rotatable bonds is 11. The van der Waals surface area contributed by atoms with Gasteiger partial charge >= 0.3 is 5.97 Å². The van der Waals surface area contributed by atoms with Crippen molar-refractivity contribution in [3.63, 3.8) is 0 Å². The molecule has 0 saturated carbocycles. The maximum atomic E-state index is 11.6. The third-order valence-corrected chi connectivity index (χ3v) is 3.07. The van der Waals surface area contributed by atoms with Crippen LogP contribution in [-0.4, -0.2) is 57.7 Å². The van der Waals surface area contributed by atoms with E-state index < -0.39 is 5.97 Å². The standard InChI is InChI=1S/C12H20N2O5S/c1-16-2-3-17-4-5-18-6-7-19-12(15)10-9-20-11(8-13)14-10/h9H,2-8,13H2,1H3. The molecule has 0 radical (unpaired) electrons. The van der Waals surface area contributed by atoms with Crippen molar-refractivity contribution >= 4 is 17.3 Å². The van der Waals surface area contributed by atoms with Gasteiger partial charge in [-0.15, -0.1) is 11.3 Å². The van der Waals surface area contributed by atoms with Crippen LogP contribution in [-0.2, 0) is 25.5 Å². The van der Waals surface area contributed by atoms with Gasteiger partial charge in [0.1, 0.15) is 11.6 Å². The zero-order chi connectivity index (χ0) is 14.6. The third-order valence-electron chi connectivity index (χ3n) is 2.20. The van der Waals surface area contributed by atoms with Gasteiger partial charge in [0.05, 0.1) is 33.0 Å². The molecule has 0 aliphatic rings. The van der Waals surface area contributed by atoms with Crippen molar-refractivity contribution in [2.24, 2.45) is 5.73 Å². The monoisotopic (exact) mass is 304 g/mol. The largest absolute Gasteiger partial charge is 0.458 e. The summed E-state index contributed by atoms with van der Waals surface area (Å²) in [4.78, 5) is 15.6. The van der Waals surface area contributed by atoms with Crippen molar-refractivity contribution in [1.82, 2.24) is 4.98 Å². The van der Waals surface area contributed by atoms with Gasteiger partial charge in [0.15, 0.2) is 5.69 Å². The van der Waals surface area contributed by atoms with Crippen LogP contribution in [0.15, 0.2) is 5.38 Å². The van der Waals surface area contributed by atoms with Gasteiger partial charge in [-0.25, -0.2) is 9.78 Å². The first-order valence-corrected chi connectivity index (χ1v) is 7.12. The van der Waals surface area contributed by atoms with Crippen LogP contribution >= 0.6 is 11.3 Å². The minimum absolute atomic E-state index is 0.187. The topological polar surface area (TPSA) is 92.9 Å². The van der Waals surface area contributed by atoms with Crippen molar-refractivity contribution in [1.29, 1.82) is 0 Å². The number of carbonyl (C=O) groups excluding carboxylic acids is 1. The van der Waals surface area contributed by atoms with E-state index >= 15 is 0 Å². The van der Waals surface area contributed by atoms with Gasteiger partial charge in [-0.2, -0.15) is 0 Å². The van der Waals surface area contributed by atoms with Gasteiger partial charge in [0.25, 0.3) is 0 Å². The fraction of sp³-hybridized carbons (Fsp3) is 0.667. The first kappa shape index (κ1) is 17.0. The number of hydrogen-bond acceptors (Lipinski definition) is 8. The van der Waals surface area contributed by atoms with E-state index in [2.05, 4.69) is 4.98 Å². The van der Waals surface area contributed by atoms with Gasteiger partial charge in [-0.3, -0.25) is 0 Å². The quantitative estimate of drug-likeness (QED) is 0.468. The minimum atomic E-state index is -0.458. The molecule has 0 bridgehead atoms. The van der Waals surface area contributed by atoms with Crippen LogP contribution in [0.4, 0.5) is 0 Å². The van der Waals surface area contributed by atoms with Crippen LogP contribution in [0, 0.1) is 0 Å². The van der Waals surface area contributed by atoms with Gasteiger partial charge < -0.3 is 24.7 Å². The number of methoxy groups -OCH3 is 1. The number of thiazole rings is 1. The van der Waals surface area contributed by atoms with E-state index in [1.165, 1.54) is 11.3 Å². The average molecular weight is 304 g/mol. The van der Waals surface area contributed by atoms with Gasteiger partial charge in [0, 0.05) is 19.0 Å². The number of carbonyl (C=O) groups is 1. The lowest BCUT2D eigenvalue weighted by molar-refractivity contribution is 0.00551. The van der Waals surface area contributed by atoms with Gasteiger partial charge in [-0.1, -0.05) is 0 Å². The van der Waals surface area contributed by atoms with Crippen molar-refractivity contribution in [2.75, 3.05) is 46.8 Å². The van der Waals surface area contributed by atoms with E-state index in [-0.39, 0.29) is 6.61 Å². The van der Waals surface area contributed by atoms with Crippen LogP contribution in [0.25, 0.3) is 0 Å². The third kappa shape index (κ3) is 6.92. The molecule has 1 heterocycles. The molecule has 20 heavy (non-hydrogen) atoms. The summed E-state index contributed by atoms with van der Waals surface area (Å²) in [6.07, 6.45) is 0. The number of hydrogen-bond donors (Lipinski definition) is 1. The highest BCUT2D eigenvalue weighted by Crippen LogP contribution is 2.09. The predicted molar refractivity (Wildman–Crippen MR) is 73.8 cm³/mol. The second kappa shape index (κ2) is 10.7. The van der Waals surface area contributed by atoms with Crippen molar-refractivity contribution in [3.05, 3.63) is 16.1 Å². The highest BCUT2D eigenvalue weighted by atomic mass is 32.1. The molecule has 1 rings (SSSR count). The summed E-state index contributed by atoms with van der Waals surface area (Å²) in [5.74, 6) is -0.458. The summed E-state index contributed by atoms with van der Waals surface area (Å²) in [5, 5.41) is 2.34. The fourth-order valence-electron chi connectivity index (χ4n) is 1.23. The Morgan fingerprint density at radius 1 is 1.20 bits per heavy atom. The van der Waals surface area contributed by atoms with E-state index in [1.807, 2.05) is 0 Å². The summed E-state index contributed by atoms with van der Waals surface area (Å²) in [5.41, 5.74) is 5.71. The lowest BCUT2D eigenvalue weighted by Gasteiger charge is -2.06. The van der Waals surface area contributed by atoms with Crippen LogP contribution in [0.2, 0.25) is 0 Å². The molecule has 0 spiro atoms. The molecule has 2 N–H and O–H groups in total. The van der Waals surface area contributed by atoms with E-state index in [9.17, 15) is 4.79 Å². The SMILES string of the molecule is COCCOCCOCCOC(=O)c1csc(CN)n1. The van der Waals surface area contributed by atoms with E-state index in [0.29, 0.717) is 50.3 Å². The average Bonchev–Trinajstić information content (AvgIpc) is 2.94. The lowest BCUT2D eigenvalue weighted by Crippen LogP contribution is -2.14. The van der Waals surface area contributed by atoms with Crippen molar-refractivity contribution in [2.45, 2.75) is 6.54 Å². The maximum absolute atomic E-state index is 11.6. The molecule has 1 aromatic rings. The number of ether oxygens (including phenoxy) is 4. The molecule has 0 aliphatic carbocycles. The molecular formula is C12H20N2O5S. The summed E-state index contributed by atoms with van der Waals surface area (Å²) in [6, 6.07) is 0. The van der Waals surface area contributed by atoms with E-state index in [1.54, 1.807) is 12.5 Å². The molecule has 0 aliphatic heterocycles. The van der Waals surface area contributed by atoms with Gasteiger partial charge in [0.2, 0.25) is 0 Å². The predicted octanol–water partition coefficient (Wildman–Crippen LogP) is 0.438. The molecule has 114 valence electrons. The Morgan fingerprint density at radius 2 is 1.85 bits per heavy atom. The van der Waals surface area contributed by atoms with E-state index in [4.69, 9.17) is 24.7 Å². The Kier molecular flexibility index (Phi) is 9.09. The Labute approximate surface area is 122 Å². The smallest absolute Gasteiger partial charge is 0.357 e. The number of nitrogens with two attached hydrogens (primary N) is 1. The second-order valence-corrected chi connectivity index (χ2v) is 4.63. The summed E-state index contributed by atoms with van der Waals surface area (Å²) in [7, 11) is 1.62. The first-order chi connectivity index (χ1) is 9.77. The Morgan fingerprint density at radius 3 is 2.45 bits per heavy atom. The van der Waals surface area contributed by atoms with Crippen LogP contribution in [0.5, 0.6) is 0 Å². The molecule has 8 heteroatoms. The molecule has 0 aromatic carbocycles. The molecular weight excluding hydrogens is 284 g/mol. The van der Waals surface area contributed by atoms with Gasteiger partial charge in [-0.05, 0) is 0 Å². The zero-order valence-electron chi connectivity index (χ0n) is 11.5. The van der Waals surface area contributed by atoms with Crippen LogP contribution < -0.4 is 5.73 Å². The van der Waals surface area contributed by atoms with Crippen molar-refractivity contribution in [3.8, 4) is 0 Å². The normalized spacial score (nSPS) is 10.7. The summed E-state index contributed by atoms with van der Waals surface area (Å²) >= 11 is 1.34. The molecule has 0 amide bonds. The van der Waals surface area contributed by atoms with Crippen LogP contribution in [0.1, 0.15) is 15.5 Å². The minimum Gasteiger partial charge on any atom is -0.458 e. The Hall–Kier alpha value is -1.06. The molecule has 1 aromatic heterocycles. The van der Waals surface area contributed by atoms with E-state index in [0.717, 1.165) is 0 Å². The summed E-state index contributed by atoms with van der Waals surface area (Å²) in [6.45, 7) is 2.89. The number of esters is 1.